The SMILES string of the molecule is CCCCCCC1CCC(c2ccc(OCCC)cc2C2CCC(CCC)CC2)CC1. The van der Waals surface area contributed by atoms with Crippen LogP contribution in [0.2, 0.25) is 0 Å². The molecular formula is C30H50O. The molecule has 1 nitrogen and oxygen atoms in total. The fraction of sp³-hybridized carbons (Fsp3) is 0.800. The fourth-order valence-electron chi connectivity index (χ4n) is 6.38. The van der Waals surface area contributed by atoms with E-state index in [0.29, 0.717) is 0 Å². The molecule has 1 heteroatoms. The minimum absolute atomic E-state index is 0.764. The molecule has 0 bridgehead atoms. The Bertz CT molecular complexity index is 605. The summed E-state index contributed by atoms with van der Waals surface area (Å²) < 4.78 is 6.07. The first-order chi connectivity index (χ1) is 15.2. The van der Waals surface area contributed by atoms with E-state index >= 15 is 0 Å². The summed E-state index contributed by atoms with van der Waals surface area (Å²) in [6.07, 6.45) is 22.4. The number of unbranched alkanes of at least 4 members (excludes halogenated alkanes) is 3. The Balaban J connectivity index is 1.64. The van der Waals surface area contributed by atoms with Crippen LogP contribution in [0.15, 0.2) is 18.2 Å². The second-order valence-electron chi connectivity index (χ2n) is 10.7. The number of rotatable bonds is 12. The van der Waals surface area contributed by atoms with Crippen molar-refractivity contribution in [1.29, 1.82) is 0 Å². The number of hydrogen-bond donors (Lipinski definition) is 0. The van der Waals surface area contributed by atoms with Gasteiger partial charge in [0.05, 0.1) is 6.61 Å². The van der Waals surface area contributed by atoms with E-state index in [1.165, 1.54) is 96.3 Å². The molecule has 0 radical (unpaired) electrons. The largest absolute Gasteiger partial charge is 0.494 e. The van der Waals surface area contributed by atoms with Gasteiger partial charge < -0.3 is 4.74 Å². The van der Waals surface area contributed by atoms with E-state index in [4.69, 9.17) is 4.74 Å². The Kier molecular flexibility index (Phi) is 10.8. The van der Waals surface area contributed by atoms with E-state index in [-0.39, 0.29) is 0 Å². The maximum absolute atomic E-state index is 6.07. The Morgan fingerprint density at radius 3 is 1.90 bits per heavy atom. The van der Waals surface area contributed by atoms with Gasteiger partial charge >= 0.3 is 0 Å². The molecule has 0 saturated heterocycles. The molecule has 0 N–H and O–H groups in total. The highest BCUT2D eigenvalue weighted by Gasteiger charge is 2.28. The van der Waals surface area contributed by atoms with Crippen LogP contribution in [0.25, 0.3) is 0 Å². The summed E-state index contributed by atoms with van der Waals surface area (Å²) in [6, 6.07) is 7.19. The zero-order chi connectivity index (χ0) is 21.9. The Labute approximate surface area is 193 Å². The monoisotopic (exact) mass is 426 g/mol. The molecule has 0 aliphatic heterocycles. The van der Waals surface area contributed by atoms with Crippen LogP contribution in [0.5, 0.6) is 5.75 Å². The van der Waals surface area contributed by atoms with E-state index in [1.54, 1.807) is 11.1 Å². The van der Waals surface area contributed by atoms with Crippen molar-refractivity contribution in [3.63, 3.8) is 0 Å². The third-order valence-corrected chi connectivity index (χ3v) is 8.27. The fourth-order valence-corrected chi connectivity index (χ4v) is 6.38. The third-order valence-electron chi connectivity index (χ3n) is 8.27. The standard InChI is InChI=1S/C30H50O/c1-4-7-8-9-11-25-14-16-26(17-15-25)29-21-20-28(31-22-6-3)23-30(29)27-18-12-24(10-5-2)13-19-27/h20-21,23-27H,4-19,22H2,1-3H3. The van der Waals surface area contributed by atoms with Gasteiger partial charge in [0, 0.05) is 0 Å². The van der Waals surface area contributed by atoms with Gasteiger partial charge in [-0.1, -0.05) is 71.8 Å². The molecule has 0 atom stereocenters. The summed E-state index contributed by atoms with van der Waals surface area (Å²) in [7, 11) is 0. The molecule has 0 heterocycles. The molecule has 2 fully saturated rings. The van der Waals surface area contributed by atoms with Gasteiger partial charge in [-0.15, -0.1) is 0 Å². The van der Waals surface area contributed by atoms with E-state index in [1.807, 2.05) is 0 Å². The second kappa shape index (κ2) is 13.5. The summed E-state index contributed by atoms with van der Waals surface area (Å²) in [5.74, 6) is 4.64. The van der Waals surface area contributed by atoms with Gasteiger partial charge in [-0.05, 0) is 105 Å². The number of benzene rings is 1. The highest BCUT2D eigenvalue weighted by atomic mass is 16.5. The molecule has 2 aliphatic carbocycles. The molecule has 0 spiro atoms. The normalized spacial score (nSPS) is 26.7. The molecular weight excluding hydrogens is 376 g/mol. The highest BCUT2D eigenvalue weighted by molar-refractivity contribution is 5.40. The molecule has 2 saturated carbocycles. The van der Waals surface area contributed by atoms with Crippen LogP contribution in [-0.4, -0.2) is 6.61 Å². The zero-order valence-electron chi connectivity index (χ0n) is 21.0. The van der Waals surface area contributed by atoms with Gasteiger partial charge in [0.2, 0.25) is 0 Å². The van der Waals surface area contributed by atoms with Gasteiger partial charge in [-0.2, -0.15) is 0 Å². The predicted octanol–water partition coefficient (Wildman–Crippen LogP) is 9.79. The summed E-state index contributed by atoms with van der Waals surface area (Å²) in [5, 5.41) is 0. The van der Waals surface area contributed by atoms with Gasteiger partial charge in [0.15, 0.2) is 0 Å². The first-order valence-electron chi connectivity index (χ1n) is 14.0. The van der Waals surface area contributed by atoms with E-state index in [0.717, 1.165) is 42.4 Å². The maximum atomic E-state index is 6.07. The van der Waals surface area contributed by atoms with Crippen molar-refractivity contribution in [2.75, 3.05) is 6.61 Å². The van der Waals surface area contributed by atoms with Crippen molar-refractivity contribution in [2.24, 2.45) is 11.8 Å². The molecule has 3 rings (SSSR count). The van der Waals surface area contributed by atoms with Crippen LogP contribution in [0.3, 0.4) is 0 Å². The zero-order valence-corrected chi connectivity index (χ0v) is 21.0. The quantitative estimate of drug-likeness (QED) is 0.302. The molecule has 0 amide bonds. The molecule has 1 aromatic carbocycles. The maximum Gasteiger partial charge on any atom is 0.119 e. The summed E-state index contributed by atoms with van der Waals surface area (Å²) in [4.78, 5) is 0. The van der Waals surface area contributed by atoms with Gasteiger partial charge in [0.1, 0.15) is 5.75 Å². The minimum atomic E-state index is 0.764. The van der Waals surface area contributed by atoms with Crippen LogP contribution < -0.4 is 4.74 Å². The van der Waals surface area contributed by atoms with Crippen LogP contribution in [0.4, 0.5) is 0 Å². The Morgan fingerprint density at radius 1 is 0.645 bits per heavy atom. The van der Waals surface area contributed by atoms with Gasteiger partial charge in [0.25, 0.3) is 0 Å². The predicted molar refractivity (Wildman–Crippen MR) is 135 cm³/mol. The summed E-state index contributed by atoms with van der Waals surface area (Å²) in [6.45, 7) is 7.70. The van der Waals surface area contributed by atoms with Gasteiger partial charge in [-0.25, -0.2) is 0 Å². The minimum Gasteiger partial charge on any atom is -0.494 e. The molecule has 31 heavy (non-hydrogen) atoms. The smallest absolute Gasteiger partial charge is 0.119 e. The average molecular weight is 427 g/mol. The third kappa shape index (κ3) is 7.54. The topological polar surface area (TPSA) is 9.23 Å². The van der Waals surface area contributed by atoms with Crippen LogP contribution in [0, 0.1) is 11.8 Å². The molecule has 0 unspecified atom stereocenters. The number of hydrogen-bond acceptors (Lipinski definition) is 1. The summed E-state index contributed by atoms with van der Waals surface area (Å²) >= 11 is 0. The van der Waals surface area contributed by atoms with Gasteiger partial charge in [-0.3, -0.25) is 0 Å². The van der Waals surface area contributed by atoms with Crippen molar-refractivity contribution < 1.29 is 4.74 Å². The van der Waals surface area contributed by atoms with Crippen LogP contribution in [-0.2, 0) is 0 Å². The number of ether oxygens (including phenoxy) is 1. The Hall–Kier alpha value is -0.980. The van der Waals surface area contributed by atoms with Crippen LogP contribution in [0.1, 0.15) is 146 Å². The molecule has 1 aromatic rings. The Morgan fingerprint density at radius 2 is 1.29 bits per heavy atom. The highest BCUT2D eigenvalue weighted by Crippen LogP contribution is 2.45. The summed E-state index contributed by atoms with van der Waals surface area (Å²) in [5.41, 5.74) is 3.35. The van der Waals surface area contributed by atoms with Crippen molar-refractivity contribution in [2.45, 2.75) is 135 Å². The van der Waals surface area contributed by atoms with Crippen molar-refractivity contribution in [3.05, 3.63) is 29.3 Å². The first kappa shape index (κ1) is 24.7. The second-order valence-corrected chi connectivity index (χ2v) is 10.7. The van der Waals surface area contributed by atoms with E-state index in [2.05, 4.69) is 39.0 Å². The lowest BCUT2D eigenvalue weighted by atomic mass is 9.71. The lowest BCUT2D eigenvalue weighted by Gasteiger charge is -2.34. The van der Waals surface area contributed by atoms with E-state index in [9.17, 15) is 0 Å². The average Bonchev–Trinajstić information content (AvgIpc) is 2.81. The van der Waals surface area contributed by atoms with Crippen molar-refractivity contribution >= 4 is 0 Å². The molecule has 2 aliphatic rings. The lowest BCUT2D eigenvalue weighted by molar-refractivity contribution is 0.290. The first-order valence-corrected chi connectivity index (χ1v) is 14.0. The van der Waals surface area contributed by atoms with Crippen molar-refractivity contribution in [3.8, 4) is 5.75 Å². The van der Waals surface area contributed by atoms with Crippen LogP contribution >= 0.6 is 0 Å². The molecule has 0 aromatic heterocycles. The lowest BCUT2D eigenvalue weighted by Crippen LogP contribution is -2.18. The van der Waals surface area contributed by atoms with Crippen molar-refractivity contribution in [1.82, 2.24) is 0 Å². The van der Waals surface area contributed by atoms with E-state index < -0.39 is 0 Å². The molecule has 176 valence electrons.